The van der Waals surface area contributed by atoms with E-state index in [0.29, 0.717) is 12.8 Å². The van der Waals surface area contributed by atoms with Crippen LogP contribution in [0.2, 0.25) is 0 Å². The van der Waals surface area contributed by atoms with Gasteiger partial charge in [0.25, 0.3) is 10.1 Å². The average molecular weight is 326 g/mol. The maximum atomic E-state index is 12.4. The van der Waals surface area contributed by atoms with Gasteiger partial charge in [0.1, 0.15) is 11.7 Å². The average Bonchev–Trinajstić information content (AvgIpc) is 2.41. The summed E-state index contributed by atoms with van der Waals surface area (Å²) in [5.74, 6) is -0.425. The van der Waals surface area contributed by atoms with Crippen LogP contribution in [0.3, 0.4) is 0 Å². The summed E-state index contributed by atoms with van der Waals surface area (Å²) in [5, 5.41) is 0. The van der Waals surface area contributed by atoms with Gasteiger partial charge >= 0.3 is 5.97 Å². The Morgan fingerprint density at radius 1 is 1.23 bits per heavy atom. The number of benzene rings is 1. The third-order valence-electron chi connectivity index (χ3n) is 4.00. The fourth-order valence-corrected chi connectivity index (χ4v) is 3.97. The molecule has 1 aromatic carbocycles. The lowest BCUT2D eigenvalue weighted by atomic mass is 9.83. The standard InChI is InChI=1S/C16H22O5S/c1-12-7-9-14(10-8-12)22(18,19)21-15-6-4-5-11-16(15,3)20-13(2)17/h7-10,15H,4-6,11H2,1-3H3. The van der Waals surface area contributed by atoms with Gasteiger partial charge in [0.05, 0.1) is 4.90 Å². The molecule has 0 bridgehead atoms. The second-order valence-corrected chi connectivity index (χ2v) is 7.58. The number of rotatable bonds is 4. The molecular weight excluding hydrogens is 304 g/mol. The van der Waals surface area contributed by atoms with E-state index >= 15 is 0 Å². The molecule has 1 aromatic rings. The van der Waals surface area contributed by atoms with Gasteiger partial charge in [0.15, 0.2) is 0 Å². The minimum atomic E-state index is -3.87. The number of aryl methyl sites for hydroxylation is 1. The maximum Gasteiger partial charge on any atom is 0.303 e. The van der Waals surface area contributed by atoms with E-state index < -0.39 is 27.8 Å². The van der Waals surface area contributed by atoms with Crippen LogP contribution in [0.4, 0.5) is 0 Å². The highest BCUT2D eigenvalue weighted by atomic mass is 32.2. The second-order valence-electron chi connectivity index (χ2n) is 6.00. The SMILES string of the molecule is CC(=O)OC1(C)CCCCC1OS(=O)(=O)c1ccc(C)cc1. The fourth-order valence-electron chi connectivity index (χ4n) is 2.78. The normalized spacial score (nSPS) is 25.7. The van der Waals surface area contributed by atoms with Crippen molar-refractivity contribution in [2.24, 2.45) is 0 Å². The van der Waals surface area contributed by atoms with Crippen LogP contribution in [0.1, 0.15) is 45.1 Å². The third kappa shape index (κ3) is 3.87. The molecule has 2 unspecified atom stereocenters. The lowest BCUT2D eigenvalue weighted by Gasteiger charge is -2.39. The Morgan fingerprint density at radius 2 is 1.86 bits per heavy atom. The Bertz CT molecular complexity index is 635. The molecule has 2 atom stereocenters. The summed E-state index contributed by atoms with van der Waals surface area (Å²) < 4.78 is 35.6. The summed E-state index contributed by atoms with van der Waals surface area (Å²) in [7, 11) is -3.87. The van der Waals surface area contributed by atoms with Crippen molar-refractivity contribution in [3.8, 4) is 0 Å². The Kier molecular flexibility index (Phi) is 4.92. The molecule has 122 valence electrons. The van der Waals surface area contributed by atoms with Crippen molar-refractivity contribution in [2.75, 3.05) is 0 Å². The number of hydrogen-bond donors (Lipinski definition) is 0. The highest BCUT2D eigenvalue weighted by Gasteiger charge is 2.43. The van der Waals surface area contributed by atoms with Crippen LogP contribution in [0.15, 0.2) is 29.2 Å². The predicted molar refractivity (Wildman–Crippen MR) is 81.9 cm³/mol. The molecule has 1 saturated carbocycles. The van der Waals surface area contributed by atoms with E-state index in [9.17, 15) is 13.2 Å². The number of carbonyl (C=O) groups excluding carboxylic acids is 1. The highest BCUT2D eigenvalue weighted by Crippen LogP contribution is 2.35. The molecule has 0 spiro atoms. The minimum absolute atomic E-state index is 0.119. The zero-order chi connectivity index (χ0) is 16.4. The zero-order valence-corrected chi connectivity index (χ0v) is 14.0. The van der Waals surface area contributed by atoms with Gasteiger partial charge in [-0.1, -0.05) is 24.1 Å². The van der Waals surface area contributed by atoms with Gasteiger partial charge in [-0.3, -0.25) is 8.98 Å². The molecule has 0 saturated heterocycles. The molecule has 0 radical (unpaired) electrons. The molecule has 1 aliphatic rings. The maximum absolute atomic E-state index is 12.4. The third-order valence-corrected chi connectivity index (χ3v) is 5.34. The van der Waals surface area contributed by atoms with E-state index in [2.05, 4.69) is 0 Å². The van der Waals surface area contributed by atoms with Crippen molar-refractivity contribution in [2.45, 2.75) is 63.1 Å². The van der Waals surface area contributed by atoms with E-state index in [-0.39, 0.29) is 4.90 Å². The molecule has 2 rings (SSSR count). The van der Waals surface area contributed by atoms with Crippen molar-refractivity contribution in [3.63, 3.8) is 0 Å². The van der Waals surface area contributed by atoms with Crippen LogP contribution in [-0.2, 0) is 23.8 Å². The van der Waals surface area contributed by atoms with Crippen molar-refractivity contribution in [3.05, 3.63) is 29.8 Å². The van der Waals surface area contributed by atoms with Crippen molar-refractivity contribution >= 4 is 16.1 Å². The lowest BCUT2D eigenvalue weighted by Crippen LogP contribution is -2.48. The second kappa shape index (κ2) is 6.38. The Balaban J connectivity index is 2.22. The van der Waals surface area contributed by atoms with Crippen LogP contribution < -0.4 is 0 Å². The first-order chi connectivity index (χ1) is 10.2. The quantitative estimate of drug-likeness (QED) is 0.628. The Hall–Kier alpha value is -1.40. The van der Waals surface area contributed by atoms with Gasteiger partial charge in [0.2, 0.25) is 0 Å². The van der Waals surface area contributed by atoms with Gasteiger partial charge in [-0.05, 0) is 45.2 Å². The molecule has 5 nitrogen and oxygen atoms in total. The molecule has 6 heteroatoms. The van der Waals surface area contributed by atoms with Crippen LogP contribution >= 0.6 is 0 Å². The highest BCUT2D eigenvalue weighted by molar-refractivity contribution is 7.86. The Labute approximate surface area is 131 Å². The summed E-state index contributed by atoms with van der Waals surface area (Å²) in [6.45, 7) is 4.95. The molecule has 0 amide bonds. The largest absolute Gasteiger partial charge is 0.457 e. The van der Waals surface area contributed by atoms with Crippen molar-refractivity contribution in [1.82, 2.24) is 0 Å². The first kappa shape index (κ1) is 17.0. The molecule has 0 aliphatic heterocycles. The van der Waals surface area contributed by atoms with Gasteiger partial charge in [-0.15, -0.1) is 0 Å². The van der Waals surface area contributed by atoms with E-state index in [4.69, 9.17) is 8.92 Å². The number of hydrogen-bond acceptors (Lipinski definition) is 5. The molecule has 22 heavy (non-hydrogen) atoms. The van der Waals surface area contributed by atoms with Gasteiger partial charge in [-0.2, -0.15) is 8.42 Å². The minimum Gasteiger partial charge on any atom is -0.457 e. The van der Waals surface area contributed by atoms with Gasteiger partial charge in [-0.25, -0.2) is 0 Å². The summed E-state index contributed by atoms with van der Waals surface area (Å²) in [6.07, 6.45) is 2.23. The lowest BCUT2D eigenvalue weighted by molar-refractivity contribution is -0.170. The summed E-state index contributed by atoms with van der Waals surface area (Å²) in [6, 6.07) is 6.50. The van der Waals surface area contributed by atoms with Crippen molar-refractivity contribution in [1.29, 1.82) is 0 Å². The van der Waals surface area contributed by atoms with Crippen LogP contribution in [0, 0.1) is 6.92 Å². The summed E-state index contributed by atoms with van der Waals surface area (Å²) in [5.41, 5.74) is 0.0725. The van der Waals surface area contributed by atoms with E-state index in [1.165, 1.54) is 19.1 Å². The van der Waals surface area contributed by atoms with Crippen LogP contribution in [0.25, 0.3) is 0 Å². The number of esters is 1. The Morgan fingerprint density at radius 3 is 2.45 bits per heavy atom. The van der Waals surface area contributed by atoms with Crippen LogP contribution in [0.5, 0.6) is 0 Å². The predicted octanol–water partition coefficient (Wildman–Crippen LogP) is 2.96. The molecule has 0 heterocycles. The molecule has 0 N–H and O–H groups in total. The first-order valence-electron chi connectivity index (χ1n) is 7.42. The van der Waals surface area contributed by atoms with E-state index in [1.54, 1.807) is 19.1 Å². The summed E-state index contributed by atoms with van der Waals surface area (Å²) >= 11 is 0. The van der Waals surface area contributed by atoms with Crippen LogP contribution in [-0.4, -0.2) is 26.1 Å². The topological polar surface area (TPSA) is 69.7 Å². The molecule has 0 aromatic heterocycles. The molecular formula is C16H22O5S. The monoisotopic (exact) mass is 326 g/mol. The number of ether oxygens (including phenoxy) is 1. The number of carbonyl (C=O) groups is 1. The van der Waals surface area contributed by atoms with Gasteiger partial charge in [0, 0.05) is 6.92 Å². The van der Waals surface area contributed by atoms with Gasteiger partial charge < -0.3 is 4.74 Å². The smallest absolute Gasteiger partial charge is 0.303 e. The summed E-state index contributed by atoms with van der Waals surface area (Å²) in [4.78, 5) is 11.4. The first-order valence-corrected chi connectivity index (χ1v) is 8.83. The molecule has 1 fully saturated rings. The molecule has 1 aliphatic carbocycles. The van der Waals surface area contributed by atoms with E-state index in [1.807, 2.05) is 6.92 Å². The zero-order valence-electron chi connectivity index (χ0n) is 13.2. The van der Waals surface area contributed by atoms with Crippen molar-refractivity contribution < 1.29 is 22.1 Å². The fraction of sp³-hybridized carbons (Fsp3) is 0.562. The van der Waals surface area contributed by atoms with E-state index in [0.717, 1.165) is 18.4 Å².